The molecule has 1 fully saturated rings. The summed E-state index contributed by atoms with van der Waals surface area (Å²) in [5.74, 6) is -1.31. The molecule has 0 bridgehead atoms. The molecule has 0 aromatic heterocycles. The molecule has 1 aromatic rings. The van der Waals surface area contributed by atoms with E-state index in [0.29, 0.717) is 23.6 Å². The van der Waals surface area contributed by atoms with Crippen LogP contribution in [0.3, 0.4) is 0 Å². The van der Waals surface area contributed by atoms with Crippen LogP contribution in [0.5, 0.6) is 0 Å². The highest BCUT2D eigenvalue weighted by Crippen LogP contribution is 2.43. The van der Waals surface area contributed by atoms with E-state index in [1.54, 1.807) is 6.07 Å². The molecule has 1 aromatic carbocycles. The summed E-state index contributed by atoms with van der Waals surface area (Å²) < 4.78 is 0. The smallest absolute Gasteiger partial charge is 0.299 e. The van der Waals surface area contributed by atoms with Crippen LogP contribution in [0.25, 0.3) is 0 Å². The van der Waals surface area contributed by atoms with E-state index in [2.05, 4.69) is 0 Å². The lowest BCUT2D eigenvalue weighted by Crippen LogP contribution is -2.43. The minimum atomic E-state index is -0.657. The lowest BCUT2D eigenvalue weighted by molar-refractivity contribution is -0.115. The minimum absolute atomic E-state index is 0.151. The van der Waals surface area contributed by atoms with Crippen LogP contribution >= 0.6 is 23.2 Å². The predicted molar refractivity (Wildman–Crippen MR) is 71.9 cm³/mol. The van der Waals surface area contributed by atoms with Crippen LogP contribution in [0, 0.1) is 0 Å². The van der Waals surface area contributed by atoms with E-state index in [9.17, 15) is 14.7 Å². The number of amides is 1. The molecule has 6 heteroatoms. The summed E-state index contributed by atoms with van der Waals surface area (Å²) in [5, 5.41) is 10.5. The maximum Gasteiger partial charge on any atom is 0.299 e. The van der Waals surface area contributed by atoms with Crippen molar-refractivity contribution in [2.24, 2.45) is 0 Å². The Kier molecular flexibility index (Phi) is 3.04. The van der Waals surface area contributed by atoms with Gasteiger partial charge in [0.05, 0.1) is 33.4 Å². The van der Waals surface area contributed by atoms with Crippen LogP contribution in [0.15, 0.2) is 12.1 Å². The van der Waals surface area contributed by atoms with E-state index in [1.165, 1.54) is 11.0 Å². The van der Waals surface area contributed by atoms with Gasteiger partial charge in [-0.15, -0.1) is 0 Å². The molecule has 1 N–H and O–H groups in total. The number of carbonyl (C=O) groups is 2. The van der Waals surface area contributed by atoms with Crippen molar-refractivity contribution in [2.45, 2.75) is 31.4 Å². The van der Waals surface area contributed by atoms with Gasteiger partial charge in [0.15, 0.2) is 0 Å². The molecule has 1 aliphatic carbocycles. The Morgan fingerprint density at radius 2 is 1.84 bits per heavy atom. The molecule has 100 valence electrons. The SMILES string of the molecule is O=C1C(=O)N([C@H]2CCC[C@@H]2O)c2c(Cl)ccc(Cl)c21. The summed E-state index contributed by atoms with van der Waals surface area (Å²) in [6.07, 6.45) is 1.47. The standard InChI is InChI=1S/C13H11Cl2NO3/c14-6-4-5-7(15)11-10(6)12(18)13(19)16(11)8-2-1-3-9(8)17/h4-5,8-9,17H,1-3H2/t8-,9-/m0/s1. The van der Waals surface area contributed by atoms with Gasteiger partial charge in [0, 0.05) is 0 Å². The predicted octanol–water partition coefficient (Wildman–Crippen LogP) is 2.44. The van der Waals surface area contributed by atoms with Crippen LogP contribution < -0.4 is 4.90 Å². The molecule has 0 radical (unpaired) electrons. The fraction of sp³-hybridized carbons (Fsp3) is 0.385. The third-order valence-corrected chi connectivity index (χ3v) is 4.35. The van der Waals surface area contributed by atoms with Gasteiger partial charge in [-0.25, -0.2) is 0 Å². The number of anilines is 1. The van der Waals surface area contributed by atoms with Crippen molar-refractivity contribution in [3.63, 3.8) is 0 Å². The Bertz CT molecular complexity index is 587. The molecule has 1 amide bonds. The molecule has 3 rings (SSSR count). The van der Waals surface area contributed by atoms with Crippen LogP contribution in [-0.4, -0.2) is 28.9 Å². The lowest BCUT2D eigenvalue weighted by atomic mass is 10.1. The van der Waals surface area contributed by atoms with Crippen LogP contribution in [0.2, 0.25) is 10.0 Å². The molecule has 1 heterocycles. The number of hydrogen-bond donors (Lipinski definition) is 1. The highest BCUT2D eigenvalue weighted by atomic mass is 35.5. The molecule has 1 aliphatic heterocycles. The average molecular weight is 300 g/mol. The largest absolute Gasteiger partial charge is 0.391 e. The van der Waals surface area contributed by atoms with Gasteiger partial charge in [-0.05, 0) is 31.4 Å². The van der Waals surface area contributed by atoms with Gasteiger partial charge < -0.3 is 5.11 Å². The Hall–Kier alpha value is -1.10. The highest BCUT2D eigenvalue weighted by molar-refractivity contribution is 6.57. The van der Waals surface area contributed by atoms with Gasteiger partial charge in [-0.1, -0.05) is 23.2 Å². The van der Waals surface area contributed by atoms with E-state index in [4.69, 9.17) is 23.2 Å². The molecule has 2 atom stereocenters. The molecular formula is C13H11Cl2NO3. The maximum absolute atomic E-state index is 12.1. The Morgan fingerprint density at radius 1 is 1.16 bits per heavy atom. The molecule has 0 spiro atoms. The van der Waals surface area contributed by atoms with Crippen molar-refractivity contribution in [3.05, 3.63) is 27.7 Å². The first-order chi connectivity index (χ1) is 9.02. The van der Waals surface area contributed by atoms with Crippen molar-refractivity contribution in [3.8, 4) is 0 Å². The highest BCUT2D eigenvalue weighted by Gasteiger charge is 2.45. The quantitative estimate of drug-likeness (QED) is 0.810. The second kappa shape index (κ2) is 4.47. The Balaban J connectivity index is 2.17. The number of rotatable bonds is 1. The number of fused-ring (bicyclic) bond motifs is 1. The first kappa shape index (κ1) is 12.9. The number of halogens is 2. The molecule has 0 unspecified atom stereocenters. The molecule has 2 aliphatic rings. The van der Waals surface area contributed by atoms with Crippen molar-refractivity contribution in [1.29, 1.82) is 0 Å². The van der Waals surface area contributed by atoms with Gasteiger partial charge in [0.2, 0.25) is 0 Å². The van der Waals surface area contributed by atoms with Crippen LogP contribution in [-0.2, 0) is 4.79 Å². The third-order valence-electron chi connectivity index (χ3n) is 3.73. The van der Waals surface area contributed by atoms with Crippen LogP contribution in [0.1, 0.15) is 29.6 Å². The number of Topliss-reactive ketones (excluding diaryl/α,β-unsaturated/α-hetero) is 1. The number of ketones is 1. The second-order valence-electron chi connectivity index (χ2n) is 4.82. The zero-order chi connectivity index (χ0) is 13.7. The fourth-order valence-electron chi connectivity index (χ4n) is 2.85. The first-order valence-electron chi connectivity index (χ1n) is 6.06. The summed E-state index contributed by atoms with van der Waals surface area (Å²) >= 11 is 12.1. The van der Waals surface area contributed by atoms with Crippen molar-refractivity contribution in [1.82, 2.24) is 0 Å². The monoisotopic (exact) mass is 299 g/mol. The molecule has 4 nitrogen and oxygen atoms in total. The first-order valence-corrected chi connectivity index (χ1v) is 6.82. The van der Waals surface area contributed by atoms with Gasteiger partial charge in [-0.3, -0.25) is 14.5 Å². The summed E-state index contributed by atoms with van der Waals surface area (Å²) in [5.41, 5.74) is 0.494. The van der Waals surface area contributed by atoms with Crippen molar-refractivity contribution in [2.75, 3.05) is 4.90 Å². The van der Waals surface area contributed by atoms with Gasteiger partial charge in [-0.2, -0.15) is 0 Å². The number of aliphatic hydroxyl groups excluding tert-OH is 1. The fourth-order valence-corrected chi connectivity index (χ4v) is 3.34. The van der Waals surface area contributed by atoms with Crippen molar-refractivity contribution < 1.29 is 14.7 Å². The minimum Gasteiger partial charge on any atom is -0.391 e. The summed E-state index contributed by atoms with van der Waals surface area (Å²) in [6, 6.07) is 2.67. The number of benzene rings is 1. The van der Waals surface area contributed by atoms with E-state index >= 15 is 0 Å². The van der Waals surface area contributed by atoms with Gasteiger partial charge in [0.1, 0.15) is 0 Å². The third kappa shape index (κ3) is 1.78. The number of hydrogen-bond acceptors (Lipinski definition) is 3. The average Bonchev–Trinajstić information content (AvgIpc) is 2.89. The summed E-state index contributed by atoms with van der Waals surface area (Å²) in [7, 11) is 0. The molecule has 19 heavy (non-hydrogen) atoms. The van der Waals surface area contributed by atoms with E-state index < -0.39 is 23.8 Å². The zero-order valence-corrected chi connectivity index (χ0v) is 11.4. The molecule has 1 saturated carbocycles. The second-order valence-corrected chi connectivity index (χ2v) is 5.64. The van der Waals surface area contributed by atoms with E-state index in [-0.39, 0.29) is 10.6 Å². The van der Waals surface area contributed by atoms with Crippen LogP contribution in [0.4, 0.5) is 5.69 Å². The number of nitrogens with zero attached hydrogens (tertiary/aromatic N) is 1. The summed E-state index contributed by atoms with van der Waals surface area (Å²) in [4.78, 5) is 25.5. The van der Waals surface area contributed by atoms with E-state index in [1.807, 2.05) is 0 Å². The molecular weight excluding hydrogens is 289 g/mol. The number of carbonyl (C=O) groups excluding carboxylic acids is 2. The Morgan fingerprint density at radius 3 is 2.47 bits per heavy atom. The lowest BCUT2D eigenvalue weighted by Gasteiger charge is -2.27. The van der Waals surface area contributed by atoms with Crippen molar-refractivity contribution >= 4 is 40.6 Å². The summed E-state index contributed by atoms with van der Waals surface area (Å²) in [6.45, 7) is 0. The Labute approximate surface area is 119 Å². The topological polar surface area (TPSA) is 57.6 Å². The van der Waals surface area contributed by atoms with Gasteiger partial charge >= 0.3 is 0 Å². The molecule has 0 saturated heterocycles. The maximum atomic E-state index is 12.1. The zero-order valence-electron chi connectivity index (χ0n) is 9.90. The van der Waals surface area contributed by atoms with Gasteiger partial charge in [0.25, 0.3) is 11.7 Å². The number of aliphatic hydroxyl groups is 1. The normalized spacial score (nSPS) is 26.2. The van der Waals surface area contributed by atoms with E-state index in [0.717, 1.165) is 6.42 Å².